The Labute approximate surface area is 118 Å². The van der Waals surface area contributed by atoms with E-state index in [4.69, 9.17) is 0 Å². The predicted molar refractivity (Wildman–Crippen MR) is 78.8 cm³/mol. The first-order chi connectivity index (χ1) is 9.74. The Bertz CT molecular complexity index is 594. The van der Waals surface area contributed by atoms with E-state index in [0.29, 0.717) is 11.7 Å². The first kappa shape index (κ1) is 12.9. The normalized spacial score (nSPS) is 15.4. The number of carbonyl (C=O) groups is 1. The van der Waals surface area contributed by atoms with Crippen LogP contribution < -0.4 is 5.32 Å². The molecule has 1 amide bonds. The molecule has 0 saturated heterocycles. The molecule has 0 radical (unpaired) electrons. The van der Waals surface area contributed by atoms with E-state index in [2.05, 4.69) is 22.4 Å². The van der Waals surface area contributed by atoms with Gasteiger partial charge in [0.1, 0.15) is 0 Å². The number of aromatic nitrogens is 2. The van der Waals surface area contributed by atoms with Gasteiger partial charge in [-0.1, -0.05) is 25.0 Å². The quantitative estimate of drug-likeness (QED) is 0.929. The summed E-state index contributed by atoms with van der Waals surface area (Å²) in [6.07, 6.45) is 8.64. The highest BCUT2D eigenvalue weighted by Gasteiger charge is 2.17. The lowest BCUT2D eigenvalue weighted by Gasteiger charge is -2.11. The van der Waals surface area contributed by atoms with Crippen LogP contribution in [0.5, 0.6) is 0 Å². The molecule has 0 bridgehead atoms. The minimum absolute atomic E-state index is 0.175. The van der Waals surface area contributed by atoms with Crippen molar-refractivity contribution in [2.45, 2.75) is 31.6 Å². The van der Waals surface area contributed by atoms with Crippen molar-refractivity contribution in [2.75, 3.05) is 5.32 Å². The van der Waals surface area contributed by atoms with E-state index in [9.17, 15) is 4.79 Å². The van der Waals surface area contributed by atoms with E-state index in [1.165, 1.54) is 31.2 Å². The van der Waals surface area contributed by atoms with Gasteiger partial charge in [-0.3, -0.25) is 4.79 Å². The number of nitrogens with zero attached hydrogens (tertiary/aromatic N) is 2. The molecule has 2 aromatic rings. The summed E-state index contributed by atoms with van der Waals surface area (Å²) in [4.78, 5) is 16.1. The van der Waals surface area contributed by atoms with E-state index in [1.807, 2.05) is 19.2 Å². The molecular formula is C16H19N3O. The second kappa shape index (κ2) is 5.49. The molecule has 1 N–H and O–H groups in total. The van der Waals surface area contributed by atoms with E-state index in [1.54, 1.807) is 17.0 Å². The van der Waals surface area contributed by atoms with E-state index < -0.39 is 0 Å². The number of benzene rings is 1. The van der Waals surface area contributed by atoms with Gasteiger partial charge in [0.15, 0.2) is 5.82 Å². The van der Waals surface area contributed by atoms with Crippen molar-refractivity contribution in [3.05, 3.63) is 48.0 Å². The molecule has 0 aliphatic heterocycles. The molecule has 1 heterocycles. The van der Waals surface area contributed by atoms with Crippen LogP contribution in [-0.4, -0.2) is 15.5 Å². The van der Waals surface area contributed by atoms with Crippen LogP contribution in [0.1, 0.15) is 47.8 Å². The molecule has 1 aromatic heterocycles. The van der Waals surface area contributed by atoms with Crippen molar-refractivity contribution in [1.29, 1.82) is 0 Å². The monoisotopic (exact) mass is 269 g/mol. The van der Waals surface area contributed by atoms with Crippen molar-refractivity contribution >= 4 is 11.6 Å². The number of aryl methyl sites for hydroxylation is 1. The molecule has 1 aliphatic carbocycles. The zero-order chi connectivity index (χ0) is 13.9. The fourth-order valence-electron chi connectivity index (χ4n) is 2.87. The molecule has 0 atom stereocenters. The molecule has 104 valence electrons. The van der Waals surface area contributed by atoms with Gasteiger partial charge in [-0.2, -0.15) is 0 Å². The fourth-order valence-corrected chi connectivity index (χ4v) is 2.87. The van der Waals surface area contributed by atoms with Crippen molar-refractivity contribution in [1.82, 2.24) is 9.55 Å². The van der Waals surface area contributed by atoms with Crippen LogP contribution in [0, 0.1) is 0 Å². The molecule has 0 unspecified atom stereocenters. The van der Waals surface area contributed by atoms with Gasteiger partial charge in [0.05, 0.1) is 0 Å². The lowest BCUT2D eigenvalue weighted by atomic mass is 9.98. The smallest absolute Gasteiger partial charge is 0.291 e. The average molecular weight is 269 g/mol. The van der Waals surface area contributed by atoms with Crippen molar-refractivity contribution < 1.29 is 4.79 Å². The zero-order valence-corrected chi connectivity index (χ0v) is 11.7. The molecule has 20 heavy (non-hydrogen) atoms. The number of anilines is 1. The standard InChI is InChI=1S/C16H19N3O/c1-19-11-10-17-15(19)16(20)18-14-8-6-13(7-9-14)12-4-2-3-5-12/h6-12H,2-5H2,1H3,(H,18,20). The summed E-state index contributed by atoms with van der Waals surface area (Å²) >= 11 is 0. The first-order valence-electron chi connectivity index (χ1n) is 7.12. The fraction of sp³-hybridized carbons (Fsp3) is 0.375. The van der Waals surface area contributed by atoms with Crippen molar-refractivity contribution in [2.24, 2.45) is 7.05 Å². The summed E-state index contributed by atoms with van der Waals surface area (Å²) in [5, 5.41) is 2.88. The van der Waals surface area contributed by atoms with E-state index >= 15 is 0 Å². The number of rotatable bonds is 3. The molecule has 0 spiro atoms. The maximum atomic E-state index is 12.0. The number of nitrogens with one attached hydrogen (secondary N) is 1. The highest BCUT2D eigenvalue weighted by atomic mass is 16.2. The van der Waals surface area contributed by atoms with Gasteiger partial charge >= 0.3 is 0 Å². The Balaban J connectivity index is 1.69. The largest absolute Gasteiger partial charge is 0.330 e. The van der Waals surface area contributed by atoms with Gasteiger partial charge in [-0.25, -0.2) is 4.98 Å². The molecule has 3 rings (SSSR count). The minimum Gasteiger partial charge on any atom is -0.330 e. The van der Waals surface area contributed by atoms with Gasteiger partial charge < -0.3 is 9.88 Å². The molecule has 1 aliphatic rings. The molecule has 1 aromatic carbocycles. The summed E-state index contributed by atoms with van der Waals surface area (Å²) in [7, 11) is 1.81. The summed E-state index contributed by atoms with van der Waals surface area (Å²) in [6.45, 7) is 0. The van der Waals surface area contributed by atoms with Crippen LogP contribution in [0.2, 0.25) is 0 Å². The van der Waals surface area contributed by atoms with Crippen molar-refractivity contribution in [3.8, 4) is 0 Å². The Hall–Kier alpha value is -2.10. The first-order valence-corrected chi connectivity index (χ1v) is 7.12. The van der Waals surface area contributed by atoms with Gasteiger partial charge in [0, 0.05) is 25.1 Å². The second-order valence-corrected chi connectivity index (χ2v) is 5.42. The topological polar surface area (TPSA) is 46.9 Å². The summed E-state index contributed by atoms with van der Waals surface area (Å²) in [6, 6.07) is 8.22. The highest BCUT2D eigenvalue weighted by Crippen LogP contribution is 2.34. The van der Waals surface area contributed by atoms with Crippen LogP contribution >= 0.6 is 0 Å². The van der Waals surface area contributed by atoms with Crippen LogP contribution in [0.15, 0.2) is 36.7 Å². The van der Waals surface area contributed by atoms with E-state index in [-0.39, 0.29) is 5.91 Å². The van der Waals surface area contributed by atoms with Crippen LogP contribution in [-0.2, 0) is 7.05 Å². The molecular weight excluding hydrogens is 250 g/mol. The summed E-state index contributed by atoms with van der Waals surface area (Å²) in [5.41, 5.74) is 2.21. The van der Waals surface area contributed by atoms with Gasteiger partial charge in [-0.05, 0) is 36.5 Å². The van der Waals surface area contributed by atoms with Gasteiger partial charge in [0.2, 0.25) is 0 Å². The maximum absolute atomic E-state index is 12.0. The lowest BCUT2D eigenvalue weighted by Crippen LogP contribution is -2.16. The third-order valence-corrected chi connectivity index (χ3v) is 4.02. The van der Waals surface area contributed by atoms with Crippen molar-refractivity contribution in [3.63, 3.8) is 0 Å². The number of hydrogen-bond acceptors (Lipinski definition) is 2. The van der Waals surface area contributed by atoms with Gasteiger partial charge in [-0.15, -0.1) is 0 Å². The molecule has 4 nitrogen and oxygen atoms in total. The SMILES string of the molecule is Cn1ccnc1C(=O)Nc1ccc(C2CCCC2)cc1. The zero-order valence-electron chi connectivity index (χ0n) is 11.7. The second-order valence-electron chi connectivity index (χ2n) is 5.42. The van der Waals surface area contributed by atoms with Crippen LogP contribution in [0.3, 0.4) is 0 Å². The van der Waals surface area contributed by atoms with Crippen LogP contribution in [0.25, 0.3) is 0 Å². The minimum atomic E-state index is -0.175. The Morgan fingerprint density at radius 1 is 1.25 bits per heavy atom. The van der Waals surface area contributed by atoms with E-state index in [0.717, 1.165) is 5.69 Å². The highest BCUT2D eigenvalue weighted by molar-refractivity contribution is 6.01. The molecule has 1 saturated carbocycles. The number of amides is 1. The Morgan fingerprint density at radius 3 is 2.55 bits per heavy atom. The third-order valence-electron chi connectivity index (χ3n) is 4.02. The maximum Gasteiger partial charge on any atom is 0.291 e. The Kier molecular flexibility index (Phi) is 3.54. The number of carbonyl (C=O) groups excluding carboxylic acids is 1. The number of imidazole rings is 1. The summed E-state index contributed by atoms with van der Waals surface area (Å²) < 4.78 is 1.71. The Morgan fingerprint density at radius 2 is 1.95 bits per heavy atom. The number of hydrogen-bond donors (Lipinski definition) is 1. The third kappa shape index (κ3) is 2.59. The lowest BCUT2D eigenvalue weighted by molar-refractivity contribution is 0.101. The molecule has 4 heteroatoms. The van der Waals surface area contributed by atoms with Crippen LogP contribution in [0.4, 0.5) is 5.69 Å². The molecule has 1 fully saturated rings. The van der Waals surface area contributed by atoms with Gasteiger partial charge in [0.25, 0.3) is 5.91 Å². The summed E-state index contributed by atoms with van der Waals surface area (Å²) in [5.74, 6) is 0.949. The average Bonchev–Trinajstić information content (AvgIpc) is 3.10. The predicted octanol–water partition coefficient (Wildman–Crippen LogP) is 3.33.